The van der Waals surface area contributed by atoms with Crippen molar-refractivity contribution >= 4 is 34.0 Å². The van der Waals surface area contributed by atoms with Gasteiger partial charge in [-0.3, -0.25) is 9.79 Å². The molecule has 0 aliphatic heterocycles. The number of aliphatic imine (C=N–C) groups is 1. The Hall–Kier alpha value is -2.90. The summed E-state index contributed by atoms with van der Waals surface area (Å²) in [6.07, 6.45) is 5.33. The smallest absolute Gasteiger partial charge is 0.269 e. The fourth-order valence-electron chi connectivity index (χ4n) is 2.64. The summed E-state index contributed by atoms with van der Waals surface area (Å²) in [6, 6.07) is 4.90. The highest BCUT2D eigenvalue weighted by atomic mass is 32.1. The van der Waals surface area contributed by atoms with Crippen LogP contribution in [0.3, 0.4) is 0 Å². The predicted molar refractivity (Wildman–Crippen MR) is 109 cm³/mol. The topological polar surface area (TPSA) is 67.3 Å². The molecule has 1 aromatic carbocycles. The monoisotopic (exact) mass is 383 g/mol. The maximum absolute atomic E-state index is 14.3. The predicted octanol–water partition coefficient (Wildman–Crippen LogP) is 4.55. The number of ether oxygens (including phenoxy) is 1. The van der Waals surface area contributed by atoms with Crippen LogP contribution >= 0.6 is 11.3 Å². The quantitative estimate of drug-likeness (QED) is 0.501. The average Bonchev–Trinajstić information content (AvgIpc) is 3.09. The van der Waals surface area contributed by atoms with E-state index in [1.54, 1.807) is 29.7 Å². The largest absolute Gasteiger partial charge is 0.380 e. The number of methoxy groups -OCH3 is 1. The minimum Gasteiger partial charge on any atom is -0.380 e. The lowest BCUT2D eigenvalue weighted by atomic mass is 10.1. The highest BCUT2D eigenvalue weighted by Gasteiger charge is 2.15. The summed E-state index contributed by atoms with van der Waals surface area (Å²) in [6.45, 7) is 5.60. The third-order valence-electron chi connectivity index (χ3n) is 3.95. The second-order valence-electron chi connectivity index (χ2n) is 5.72. The van der Waals surface area contributed by atoms with Gasteiger partial charge in [-0.1, -0.05) is 24.3 Å². The maximum Gasteiger partial charge on any atom is 0.269 e. The average molecular weight is 383 g/mol. The number of halogens is 1. The molecule has 138 valence electrons. The van der Waals surface area contributed by atoms with Crippen molar-refractivity contribution in [3.05, 3.63) is 69.4 Å². The lowest BCUT2D eigenvalue weighted by molar-refractivity contribution is 0.181. The van der Waals surface area contributed by atoms with Gasteiger partial charge in [-0.15, -0.1) is 11.3 Å². The van der Waals surface area contributed by atoms with E-state index in [-0.39, 0.29) is 18.0 Å². The molecule has 0 atom stereocenters. The second-order valence-corrected chi connectivity index (χ2v) is 6.60. The van der Waals surface area contributed by atoms with E-state index in [9.17, 15) is 9.18 Å². The number of allylic oxidation sites excluding steroid dienone is 3. The van der Waals surface area contributed by atoms with Crippen molar-refractivity contribution in [3.63, 3.8) is 0 Å². The van der Waals surface area contributed by atoms with E-state index in [1.807, 2.05) is 13.0 Å². The standard InChI is InChI=1S/C20H18FN3O2S/c1-4-5-6-16(22-2)19-23-17-14(11-27-18(17)20(25)24-19)12-7-8-13(10-26-3)15(21)9-12/h4-9,11H,2,10H2,1,3H3,(H,23,24,25)/b5-4-,16-6-. The zero-order valence-electron chi connectivity index (χ0n) is 15.0. The summed E-state index contributed by atoms with van der Waals surface area (Å²) in [7, 11) is 1.52. The lowest BCUT2D eigenvalue weighted by Gasteiger charge is -2.06. The molecule has 0 bridgehead atoms. The lowest BCUT2D eigenvalue weighted by Crippen LogP contribution is -2.09. The number of rotatable bonds is 6. The van der Waals surface area contributed by atoms with Gasteiger partial charge in [-0.2, -0.15) is 0 Å². The van der Waals surface area contributed by atoms with Crippen molar-refractivity contribution < 1.29 is 9.13 Å². The molecule has 0 radical (unpaired) electrons. The van der Waals surface area contributed by atoms with E-state index in [2.05, 4.69) is 21.7 Å². The summed E-state index contributed by atoms with van der Waals surface area (Å²) < 4.78 is 19.8. The number of benzene rings is 1. The number of nitrogens with zero attached hydrogens (tertiary/aromatic N) is 2. The van der Waals surface area contributed by atoms with Gasteiger partial charge in [-0.05, 0) is 31.3 Å². The highest BCUT2D eigenvalue weighted by Crippen LogP contribution is 2.32. The van der Waals surface area contributed by atoms with Crippen LogP contribution in [-0.2, 0) is 11.3 Å². The molecule has 0 amide bonds. The van der Waals surface area contributed by atoms with Crippen LogP contribution in [0.5, 0.6) is 0 Å². The number of aromatic amines is 1. The number of hydrogen-bond donors (Lipinski definition) is 1. The van der Waals surface area contributed by atoms with Gasteiger partial charge < -0.3 is 9.72 Å². The fraction of sp³-hybridized carbons (Fsp3) is 0.150. The van der Waals surface area contributed by atoms with Crippen LogP contribution in [0.2, 0.25) is 0 Å². The van der Waals surface area contributed by atoms with Crippen molar-refractivity contribution in [2.24, 2.45) is 4.99 Å². The minimum absolute atomic E-state index is 0.197. The third kappa shape index (κ3) is 3.79. The van der Waals surface area contributed by atoms with Gasteiger partial charge in [0.05, 0.1) is 12.1 Å². The first-order valence-electron chi connectivity index (χ1n) is 8.18. The Morgan fingerprint density at radius 2 is 2.30 bits per heavy atom. The molecule has 27 heavy (non-hydrogen) atoms. The Morgan fingerprint density at radius 1 is 1.48 bits per heavy atom. The summed E-state index contributed by atoms with van der Waals surface area (Å²) in [5.74, 6) is -0.0445. The van der Waals surface area contributed by atoms with Crippen molar-refractivity contribution in [1.29, 1.82) is 0 Å². The van der Waals surface area contributed by atoms with Crippen molar-refractivity contribution in [2.45, 2.75) is 13.5 Å². The molecular formula is C20H18FN3O2S. The molecule has 3 rings (SSSR count). The summed E-state index contributed by atoms with van der Waals surface area (Å²) in [4.78, 5) is 23.7. The number of aromatic nitrogens is 2. The van der Waals surface area contributed by atoms with Gasteiger partial charge >= 0.3 is 0 Å². The number of nitrogens with one attached hydrogen (secondary N) is 1. The zero-order valence-corrected chi connectivity index (χ0v) is 15.8. The molecule has 3 aromatic rings. The summed E-state index contributed by atoms with van der Waals surface area (Å²) in [5, 5.41) is 1.80. The van der Waals surface area contributed by atoms with Crippen LogP contribution in [0.15, 0.2) is 51.6 Å². The SMILES string of the molecule is C=N/C(=C\C=C/C)c1nc2c(-c3ccc(COC)c(F)c3)csc2c(=O)[nH]1. The molecule has 0 fully saturated rings. The van der Waals surface area contributed by atoms with Gasteiger partial charge in [0.15, 0.2) is 5.82 Å². The first kappa shape index (κ1) is 18.9. The summed E-state index contributed by atoms with van der Waals surface area (Å²) >= 11 is 1.27. The molecule has 0 aliphatic carbocycles. The normalized spacial score (nSPS) is 12.2. The molecule has 0 unspecified atom stereocenters. The Kier molecular flexibility index (Phi) is 5.73. The van der Waals surface area contributed by atoms with Gasteiger partial charge in [0.25, 0.3) is 5.56 Å². The number of H-pyrrole nitrogens is 1. The van der Waals surface area contributed by atoms with Crippen LogP contribution in [-0.4, -0.2) is 23.8 Å². The summed E-state index contributed by atoms with van der Waals surface area (Å²) in [5.41, 5.74) is 2.50. The molecule has 0 spiro atoms. The van der Waals surface area contributed by atoms with Crippen LogP contribution in [0, 0.1) is 5.82 Å². The number of thiophene rings is 1. The Balaban J connectivity index is 2.17. The minimum atomic E-state index is -0.361. The molecule has 0 aliphatic rings. The van der Waals surface area contributed by atoms with E-state index in [1.165, 1.54) is 24.5 Å². The Labute approximate surface area is 159 Å². The second kappa shape index (κ2) is 8.20. The van der Waals surface area contributed by atoms with Crippen molar-refractivity contribution in [3.8, 4) is 11.1 Å². The Bertz CT molecular complexity index is 1110. The van der Waals surface area contributed by atoms with E-state index in [0.29, 0.717) is 38.4 Å². The third-order valence-corrected chi connectivity index (χ3v) is 4.92. The first-order chi connectivity index (χ1) is 13.1. The van der Waals surface area contributed by atoms with Crippen molar-refractivity contribution in [1.82, 2.24) is 9.97 Å². The highest BCUT2D eigenvalue weighted by molar-refractivity contribution is 7.17. The van der Waals surface area contributed by atoms with Crippen LogP contribution in [0.25, 0.3) is 27.0 Å². The molecular weight excluding hydrogens is 365 g/mol. The van der Waals surface area contributed by atoms with E-state index >= 15 is 0 Å². The molecule has 2 heterocycles. The molecule has 0 saturated carbocycles. The van der Waals surface area contributed by atoms with Gasteiger partial charge in [0.2, 0.25) is 0 Å². The van der Waals surface area contributed by atoms with E-state index in [0.717, 1.165) is 0 Å². The Morgan fingerprint density at radius 3 is 2.96 bits per heavy atom. The van der Waals surface area contributed by atoms with Gasteiger partial charge in [-0.25, -0.2) is 9.37 Å². The molecule has 7 heteroatoms. The molecule has 5 nitrogen and oxygen atoms in total. The van der Waals surface area contributed by atoms with Gasteiger partial charge in [0, 0.05) is 23.6 Å². The zero-order chi connectivity index (χ0) is 19.4. The van der Waals surface area contributed by atoms with Gasteiger partial charge in [0.1, 0.15) is 16.2 Å². The molecule has 0 saturated heterocycles. The van der Waals surface area contributed by atoms with Crippen molar-refractivity contribution in [2.75, 3.05) is 7.11 Å². The maximum atomic E-state index is 14.3. The molecule has 1 N–H and O–H groups in total. The number of hydrogen-bond acceptors (Lipinski definition) is 5. The fourth-order valence-corrected chi connectivity index (χ4v) is 3.54. The van der Waals surface area contributed by atoms with Crippen LogP contribution < -0.4 is 5.56 Å². The van der Waals surface area contributed by atoms with E-state index < -0.39 is 0 Å². The first-order valence-corrected chi connectivity index (χ1v) is 9.06. The van der Waals surface area contributed by atoms with Crippen LogP contribution in [0.1, 0.15) is 18.3 Å². The number of fused-ring (bicyclic) bond motifs is 1. The van der Waals surface area contributed by atoms with Crippen LogP contribution in [0.4, 0.5) is 4.39 Å². The molecule has 2 aromatic heterocycles. The van der Waals surface area contributed by atoms with E-state index in [4.69, 9.17) is 4.74 Å².